The van der Waals surface area contributed by atoms with Crippen molar-refractivity contribution < 1.29 is 14.2 Å². The average molecular weight is 360 g/mol. The summed E-state index contributed by atoms with van der Waals surface area (Å²) in [7, 11) is 1.67. The minimum Gasteiger partial charge on any atom is -0.493 e. The van der Waals surface area contributed by atoms with Gasteiger partial charge in [0, 0.05) is 36.2 Å². The van der Waals surface area contributed by atoms with Crippen LogP contribution in [0.15, 0.2) is 22.7 Å². The monoisotopic (exact) mass is 359 g/mol. The second-order valence-corrected chi connectivity index (χ2v) is 5.68. The molecule has 0 fully saturated rings. The van der Waals surface area contributed by atoms with Gasteiger partial charge in [0.15, 0.2) is 0 Å². The van der Waals surface area contributed by atoms with Crippen LogP contribution in [0, 0.1) is 0 Å². The molecule has 0 bridgehead atoms. The van der Waals surface area contributed by atoms with Crippen molar-refractivity contribution in [2.75, 3.05) is 40.1 Å². The van der Waals surface area contributed by atoms with Crippen LogP contribution in [0.3, 0.4) is 0 Å². The Morgan fingerprint density at radius 2 is 2.00 bits per heavy atom. The predicted molar refractivity (Wildman–Crippen MR) is 89.0 cm³/mol. The molecule has 0 aromatic heterocycles. The van der Waals surface area contributed by atoms with Crippen molar-refractivity contribution in [1.29, 1.82) is 0 Å². The van der Waals surface area contributed by atoms with Gasteiger partial charge in [-0.25, -0.2) is 0 Å². The average Bonchev–Trinajstić information content (AvgIpc) is 2.47. The molecular weight excluding hydrogens is 334 g/mol. The molecule has 21 heavy (non-hydrogen) atoms. The van der Waals surface area contributed by atoms with Crippen LogP contribution in [0.25, 0.3) is 0 Å². The molecule has 1 atom stereocenters. The lowest BCUT2D eigenvalue weighted by Gasteiger charge is -2.18. The lowest BCUT2D eigenvalue weighted by Crippen LogP contribution is -2.18. The number of nitrogens with one attached hydrogen (secondary N) is 1. The van der Waals surface area contributed by atoms with Crippen molar-refractivity contribution in [3.05, 3.63) is 28.2 Å². The van der Waals surface area contributed by atoms with Crippen molar-refractivity contribution in [1.82, 2.24) is 5.32 Å². The highest BCUT2D eigenvalue weighted by molar-refractivity contribution is 9.10. The molecule has 0 heterocycles. The Bertz CT molecular complexity index is 401. The van der Waals surface area contributed by atoms with Gasteiger partial charge in [0.05, 0.1) is 19.8 Å². The lowest BCUT2D eigenvalue weighted by molar-refractivity contribution is 0.0643. The number of methoxy groups -OCH3 is 1. The standard InChI is InChI=1S/C16H26BrNO3/c1-4-18-13(2)15-12-14(17)6-7-16(15)21-9-5-8-20-11-10-19-3/h6-7,12-13,18H,4-5,8-11H2,1-3H3. The van der Waals surface area contributed by atoms with Crippen LogP contribution in [0.1, 0.15) is 31.9 Å². The Morgan fingerprint density at radius 3 is 2.71 bits per heavy atom. The highest BCUT2D eigenvalue weighted by Gasteiger charge is 2.11. The van der Waals surface area contributed by atoms with Crippen LogP contribution < -0.4 is 10.1 Å². The van der Waals surface area contributed by atoms with Gasteiger partial charge in [0.1, 0.15) is 5.75 Å². The van der Waals surface area contributed by atoms with Crippen molar-refractivity contribution in [3.63, 3.8) is 0 Å². The summed E-state index contributed by atoms with van der Waals surface area (Å²) in [5.41, 5.74) is 1.17. The lowest BCUT2D eigenvalue weighted by atomic mass is 10.1. The molecule has 120 valence electrons. The van der Waals surface area contributed by atoms with E-state index in [1.807, 2.05) is 12.1 Å². The van der Waals surface area contributed by atoms with Crippen LogP contribution in [0.4, 0.5) is 0 Å². The normalized spacial score (nSPS) is 12.4. The van der Waals surface area contributed by atoms with Crippen LogP contribution in [0.2, 0.25) is 0 Å². The summed E-state index contributed by atoms with van der Waals surface area (Å²) in [6.45, 7) is 7.80. The first-order valence-corrected chi connectivity index (χ1v) is 8.20. The van der Waals surface area contributed by atoms with Gasteiger partial charge in [0.2, 0.25) is 0 Å². The first kappa shape index (κ1) is 18.4. The zero-order valence-corrected chi connectivity index (χ0v) is 14.7. The molecule has 1 aromatic carbocycles. The molecule has 1 rings (SSSR count). The first-order valence-electron chi connectivity index (χ1n) is 7.41. The summed E-state index contributed by atoms with van der Waals surface area (Å²) >= 11 is 3.52. The van der Waals surface area contributed by atoms with Gasteiger partial charge in [-0.2, -0.15) is 0 Å². The van der Waals surface area contributed by atoms with Crippen LogP contribution in [-0.4, -0.2) is 40.1 Å². The van der Waals surface area contributed by atoms with E-state index in [1.165, 1.54) is 5.56 Å². The molecule has 0 spiro atoms. The molecule has 1 N–H and O–H groups in total. The molecule has 0 saturated carbocycles. The van der Waals surface area contributed by atoms with Crippen LogP contribution >= 0.6 is 15.9 Å². The fourth-order valence-corrected chi connectivity index (χ4v) is 2.37. The van der Waals surface area contributed by atoms with Crippen LogP contribution in [-0.2, 0) is 9.47 Å². The van der Waals surface area contributed by atoms with Gasteiger partial charge >= 0.3 is 0 Å². The Balaban J connectivity index is 2.43. The fraction of sp³-hybridized carbons (Fsp3) is 0.625. The first-order chi connectivity index (χ1) is 10.2. The molecule has 1 unspecified atom stereocenters. The van der Waals surface area contributed by atoms with Gasteiger partial charge in [-0.05, 0) is 31.7 Å². The van der Waals surface area contributed by atoms with Crippen molar-refractivity contribution in [3.8, 4) is 5.75 Å². The molecule has 0 amide bonds. The van der Waals surface area contributed by atoms with Gasteiger partial charge < -0.3 is 19.5 Å². The van der Waals surface area contributed by atoms with Crippen molar-refractivity contribution >= 4 is 15.9 Å². The Labute approximate surface area is 136 Å². The Kier molecular flexibility index (Phi) is 9.67. The zero-order chi connectivity index (χ0) is 15.5. The second-order valence-electron chi connectivity index (χ2n) is 4.77. The number of halogens is 1. The number of hydrogen-bond acceptors (Lipinski definition) is 4. The third-order valence-corrected chi connectivity index (χ3v) is 3.56. The number of ether oxygens (including phenoxy) is 3. The molecule has 0 saturated heterocycles. The Morgan fingerprint density at radius 1 is 1.19 bits per heavy atom. The van der Waals surface area contributed by atoms with Crippen molar-refractivity contribution in [2.24, 2.45) is 0 Å². The van der Waals surface area contributed by atoms with Gasteiger partial charge in [-0.15, -0.1) is 0 Å². The molecular formula is C16H26BrNO3. The van der Waals surface area contributed by atoms with E-state index < -0.39 is 0 Å². The van der Waals surface area contributed by atoms with E-state index in [2.05, 4.69) is 41.2 Å². The van der Waals surface area contributed by atoms with E-state index >= 15 is 0 Å². The minimum absolute atomic E-state index is 0.264. The summed E-state index contributed by atoms with van der Waals surface area (Å²) in [6.07, 6.45) is 0.870. The third kappa shape index (κ3) is 7.27. The zero-order valence-electron chi connectivity index (χ0n) is 13.2. The highest BCUT2D eigenvalue weighted by Crippen LogP contribution is 2.28. The molecule has 0 aliphatic carbocycles. The third-order valence-electron chi connectivity index (χ3n) is 3.07. The summed E-state index contributed by atoms with van der Waals surface area (Å²) in [6, 6.07) is 6.39. The maximum Gasteiger partial charge on any atom is 0.124 e. The van der Waals surface area contributed by atoms with E-state index in [0.29, 0.717) is 26.4 Å². The Hall–Kier alpha value is -0.620. The van der Waals surface area contributed by atoms with Gasteiger partial charge in [0.25, 0.3) is 0 Å². The molecule has 1 aromatic rings. The molecule has 5 heteroatoms. The maximum atomic E-state index is 5.89. The van der Waals surface area contributed by atoms with Crippen molar-refractivity contribution in [2.45, 2.75) is 26.3 Å². The smallest absolute Gasteiger partial charge is 0.124 e. The van der Waals surface area contributed by atoms with E-state index in [1.54, 1.807) is 7.11 Å². The molecule has 0 aliphatic rings. The van der Waals surface area contributed by atoms with Gasteiger partial charge in [-0.1, -0.05) is 22.9 Å². The maximum absolute atomic E-state index is 5.89. The second kappa shape index (κ2) is 11.0. The van der Waals surface area contributed by atoms with E-state index in [0.717, 1.165) is 23.2 Å². The summed E-state index contributed by atoms with van der Waals surface area (Å²) < 4.78 is 17.3. The number of hydrogen-bond donors (Lipinski definition) is 1. The molecule has 0 aliphatic heterocycles. The predicted octanol–water partition coefficient (Wildman–Crippen LogP) is 3.55. The summed E-state index contributed by atoms with van der Waals surface area (Å²) in [5, 5.41) is 3.41. The summed E-state index contributed by atoms with van der Waals surface area (Å²) in [4.78, 5) is 0. The van der Waals surface area contributed by atoms with E-state index in [9.17, 15) is 0 Å². The fourth-order valence-electron chi connectivity index (χ4n) is 1.99. The number of benzene rings is 1. The summed E-state index contributed by atoms with van der Waals surface area (Å²) in [5.74, 6) is 0.934. The topological polar surface area (TPSA) is 39.7 Å². The molecule has 0 radical (unpaired) electrons. The number of rotatable bonds is 11. The quantitative estimate of drug-likeness (QED) is 0.613. The van der Waals surface area contributed by atoms with E-state index in [4.69, 9.17) is 14.2 Å². The minimum atomic E-state index is 0.264. The SMILES string of the molecule is CCNC(C)c1cc(Br)ccc1OCCCOCCOC. The van der Waals surface area contributed by atoms with Crippen LogP contribution in [0.5, 0.6) is 5.75 Å². The van der Waals surface area contributed by atoms with E-state index in [-0.39, 0.29) is 6.04 Å². The largest absolute Gasteiger partial charge is 0.493 e. The highest BCUT2D eigenvalue weighted by atomic mass is 79.9. The van der Waals surface area contributed by atoms with Gasteiger partial charge in [-0.3, -0.25) is 0 Å². The molecule has 4 nitrogen and oxygen atoms in total.